The first-order valence-electron chi connectivity index (χ1n) is 8.86. The van der Waals surface area contributed by atoms with Gasteiger partial charge in [-0.2, -0.15) is 0 Å². The summed E-state index contributed by atoms with van der Waals surface area (Å²) in [6, 6.07) is 13.1. The molecule has 136 valence electrons. The van der Waals surface area contributed by atoms with Crippen LogP contribution in [0.4, 0.5) is 4.39 Å². The average molecular weight is 363 g/mol. The SMILES string of the molecule is O=C1c2ccccc2C(=O)N1CCCCn1cnc(-c2ccc(F)cc2)c1. The number of benzene rings is 2. The number of unbranched alkanes of at least 4 members (excludes halogenated alkanes) is 1. The van der Waals surface area contributed by atoms with Gasteiger partial charge in [0.15, 0.2) is 0 Å². The number of carbonyl (C=O) groups excluding carboxylic acids is 2. The summed E-state index contributed by atoms with van der Waals surface area (Å²) in [4.78, 5) is 30.3. The number of imidazole rings is 1. The van der Waals surface area contributed by atoms with Crippen LogP contribution in [-0.2, 0) is 6.54 Å². The molecule has 3 aromatic rings. The fourth-order valence-electron chi connectivity index (χ4n) is 3.26. The molecule has 5 nitrogen and oxygen atoms in total. The Labute approximate surface area is 156 Å². The first kappa shape index (κ1) is 17.1. The van der Waals surface area contributed by atoms with Gasteiger partial charge >= 0.3 is 0 Å². The summed E-state index contributed by atoms with van der Waals surface area (Å²) in [6.45, 7) is 1.14. The highest BCUT2D eigenvalue weighted by molar-refractivity contribution is 6.21. The molecule has 1 aliphatic heterocycles. The first-order chi connectivity index (χ1) is 13.1. The van der Waals surface area contributed by atoms with Crippen LogP contribution >= 0.6 is 0 Å². The van der Waals surface area contributed by atoms with Gasteiger partial charge in [0.2, 0.25) is 0 Å². The van der Waals surface area contributed by atoms with Crippen LogP contribution in [0.1, 0.15) is 33.6 Å². The zero-order chi connectivity index (χ0) is 18.8. The maximum Gasteiger partial charge on any atom is 0.261 e. The molecule has 4 rings (SSSR count). The molecule has 0 saturated carbocycles. The molecule has 2 heterocycles. The van der Waals surface area contributed by atoms with Crippen molar-refractivity contribution >= 4 is 11.8 Å². The molecule has 1 aromatic heterocycles. The summed E-state index contributed by atoms with van der Waals surface area (Å²) in [7, 11) is 0. The van der Waals surface area contributed by atoms with Gasteiger partial charge in [-0.3, -0.25) is 14.5 Å². The maximum atomic E-state index is 13.0. The second kappa shape index (κ2) is 7.15. The topological polar surface area (TPSA) is 55.2 Å². The van der Waals surface area contributed by atoms with Gasteiger partial charge in [-0.25, -0.2) is 9.37 Å². The molecule has 0 unspecified atom stereocenters. The number of aryl methyl sites for hydroxylation is 1. The van der Waals surface area contributed by atoms with Gasteiger partial charge in [-0.1, -0.05) is 12.1 Å². The van der Waals surface area contributed by atoms with Crippen LogP contribution in [0.5, 0.6) is 0 Å². The Kier molecular flexibility index (Phi) is 4.54. The molecule has 0 N–H and O–H groups in total. The standard InChI is InChI=1S/C21H18FN3O2/c22-16-9-7-15(8-10-16)19-13-24(14-23-19)11-3-4-12-25-20(26)17-5-1-2-6-18(17)21(25)27/h1-2,5-10,13-14H,3-4,11-12H2. The van der Waals surface area contributed by atoms with Gasteiger partial charge in [0.25, 0.3) is 11.8 Å². The van der Waals surface area contributed by atoms with E-state index in [-0.39, 0.29) is 17.6 Å². The van der Waals surface area contributed by atoms with Gasteiger partial charge in [0.05, 0.1) is 23.1 Å². The Bertz CT molecular complexity index is 960. The first-order valence-corrected chi connectivity index (χ1v) is 8.86. The lowest BCUT2D eigenvalue weighted by Crippen LogP contribution is -2.30. The Morgan fingerprint density at radius 1 is 0.852 bits per heavy atom. The van der Waals surface area contributed by atoms with Crippen molar-refractivity contribution < 1.29 is 14.0 Å². The minimum Gasteiger partial charge on any atom is -0.337 e. The number of hydrogen-bond donors (Lipinski definition) is 0. The van der Waals surface area contributed by atoms with Crippen molar-refractivity contribution in [3.05, 3.63) is 78.0 Å². The van der Waals surface area contributed by atoms with E-state index >= 15 is 0 Å². The Balaban J connectivity index is 1.31. The molecule has 0 radical (unpaired) electrons. The van der Waals surface area contributed by atoms with Gasteiger partial charge in [-0.05, 0) is 49.2 Å². The number of rotatable bonds is 6. The lowest BCUT2D eigenvalue weighted by atomic mass is 10.1. The van der Waals surface area contributed by atoms with E-state index in [0.717, 1.165) is 30.6 Å². The van der Waals surface area contributed by atoms with Gasteiger partial charge in [0, 0.05) is 24.8 Å². The Morgan fingerprint density at radius 2 is 1.48 bits per heavy atom. The van der Waals surface area contributed by atoms with Crippen LogP contribution in [0.2, 0.25) is 0 Å². The highest BCUT2D eigenvalue weighted by atomic mass is 19.1. The lowest BCUT2D eigenvalue weighted by Gasteiger charge is -2.13. The fraction of sp³-hybridized carbons (Fsp3) is 0.190. The molecular formula is C21H18FN3O2. The molecule has 0 aliphatic carbocycles. The van der Waals surface area contributed by atoms with Crippen LogP contribution < -0.4 is 0 Å². The van der Waals surface area contributed by atoms with E-state index in [1.165, 1.54) is 17.0 Å². The molecular weight excluding hydrogens is 345 g/mol. The van der Waals surface area contributed by atoms with Crippen molar-refractivity contribution in [3.63, 3.8) is 0 Å². The molecule has 0 atom stereocenters. The van der Waals surface area contributed by atoms with Crippen LogP contribution in [0.15, 0.2) is 61.1 Å². The zero-order valence-electron chi connectivity index (χ0n) is 14.6. The van der Waals surface area contributed by atoms with Gasteiger partial charge in [-0.15, -0.1) is 0 Å². The highest BCUT2D eigenvalue weighted by Crippen LogP contribution is 2.23. The van der Waals surface area contributed by atoms with Crippen molar-refractivity contribution in [2.45, 2.75) is 19.4 Å². The van der Waals surface area contributed by atoms with E-state index < -0.39 is 0 Å². The number of fused-ring (bicyclic) bond motifs is 1. The lowest BCUT2D eigenvalue weighted by molar-refractivity contribution is 0.0651. The smallest absolute Gasteiger partial charge is 0.261 e. The molecule has 2 aromatic carbocycles. The van der Waals surface area contributed by atoms with E-state index in [4.69, 9.17) is 0 Å². The average Bonchev–Trinajstić information content (AvgIpc) is 3.25. The predicted molar refractivity (Wildman–Crippen MR) is 98.7 cm³/mol. The van der Waals surface area contributed by atoms with Crippen molar-refractivity contribution in [2.24, 2.45) is 0 Å². The third kappa shape index (κ3) is 3.38. The minimum atomic E-state index is -0.272. The molecule has 0 spiro atoms. The zero-order valence-corrected chi connectivity index (χ0v) is 14.6. The fourth-order valence-corrected chi connectivity index (χ4v) is 3.26. The molecule has 0 saturated heterocycles. The summed E-state index contributed by atoms with van der Waals surface area (Å²) in [5.41, 5.74) is 2.62. The number of nitrogens with zero attached hydrogens (tertiary/aromatic N) is 3. The third-order valence-electron chi connectivity index (χ3n) is 4.70. The molecule has 6 heteroatoms. The van der Waals surface area contributed by atoms with Crippen molar-refractivity contribution in [1.82, 2.24) is 14.5 Å². The Hall–Kier alpha value is -3.28. The molecule has 27 heavy (non-hydrogen) atoms. The monoisotopic (exact) mass is 363 g/mol. The molecule has 0 bridgehead atoms. The van der Waals surface area contributed by atoms with E-state index in [2.05, 4.69) is 4.98 Å². The van der Waals surface area contributed by atoms with Crippen molar-refractivity contribution in [3.8, 4) is 11.3 Å². The van der Waals surface area contributed by atoms with Crippen molar-refractivity contribution in [1.29, 1.82) is 0 Å². The van der Waals surface area contributed by atoms with E-state index in [1.54, 1.807) is 42.7 Å². The van der Waals surface area contributed by atoms with E-state index in [0.29, 0.717) is 17.7 Å². The van der Waals surface area contributed by atoms with E-state index in [9.17, 15) is 14.0 Å². The second-order valence-electron chi connectivity index (χ2n) is 6.52. The number of imide groups is 1. The molecule has 1 aliphatic rings. The summed E-state index contributed by atoms with van der Waals surface area (Å²) in [5, 5.41) is 0. The number of aromatic nitrogens is 2. The van der Waals surface area contributed by atoms with Gasteiger partial charge in [0.1, 0.15) is 5.82 Å². The molecule has 2 amide bonds. The number of halogens is 1. The summed E-state index contributed by atoms with van der Waals surface area (Å²) in [6.07, 6.45) is 5.18. The third-order valence-corrected chi connectivity index (χ3v) is 4.70. The largest absolute Gasteiger partial charge is 0.337 e. The highest BCUT2D eigenvalue weighted by Gasteiger charge is 2.34. The van der Waals surface area contributed by atoms with Crippen LogP contribution in [0, 0.1) is 5.82 Å². The summed E-state index contributed by atoms with van der Waals surface area (Å²) < 4.78 is 15.0. The van der Waals surface area contributed by atoms with Crippen LogP contribution in [0.3, 0.4) is 0 Å². The van der Waals surface area contributed by atoms with Crippen LogP contribution in [0.25, 0.3) is 11.3 Å². The second-order valence-corrected chi connectivity index (χ2v) is 6.52. The van der Waals surface area contributed by atoms with Crippen molar-refractivity contribution in [2.75, 3.05) is 6.54 Å². The maximum absolute atomic E-state index is 13.0. The van der Waals surface area contributed by atoms with Gasteiger partial charge < -0.3 is 4.57 Å². The minimum absolute atomic E-state index is 0.211. The predicted octanol–water partition coefficient (Wildman–Crippen LogP) is 3.77. The number of hydrogen-bond acceptors (Lipinski definition) is 3. The number of amides is 2. The summed E-state index contributed by atoms with van der Waals surface area (Å²) >= 11 is 0. The van der Waals surface area contributed by atoms with Crippen LogP contribution in [-0.4, -0.2) is 32.8 Å². The molecule has 0 fully saturated rings. The summed E-state index contributed by atoms with van der Waals surface area (Å²) in [5.74, 6) is -0.694. The Morgan fingerprint density at radius 3 is 2.15 bits per heavy atom. The number of carbonyl (C=O) groups is 2. The quantitative estimate of drug-likeness (QED) is 0.495. The normalized spacial score (nSPS) is 13.3. The van der Waals surface area contributed by atoms with E-state index in [1.807, 2.05) is 10.8 Å².